The third-order valence-corrected chi connectivity index (χ3v) is 4.33. The van der Waals surface area contributed by atoms with Gasteiger partial charge in [0.25, 0.3) is 5.91 Å². The first-order chi connectivity index (χ1) is 11.1. The SMILES string of the molecule is CC1CCc2ccccc2N1C(=O)COc1ccc(F)cc1Cl. The number of benzene rings is 2. The molecule has 1 amide bonds. The van der Waals surface area contributed by atoms with Gasteiger partial charge in [-0.1, -0.05) is 29.8 Å². The largest absolute Gasteiger partial charge is 0.482 e. The highest BCUT2D eigenvalue weighted by molar-refractivity contribution is 6.32. The first-order valence-corrected chi connectivity index (χ1v) is 7.92. The van der Waals surface area contributed by atoms with Gasteiger partial charge in [-0.25, -0.2) is 4.39 Å². The van der Waals surface area contributed by atoms with E-state index in [4.69, 9.17) is 16.3 Å². The number of para-hydroxylation sites is 1. The van der Waals surface area contributed by atoms with Crippen LogP contribution in [0.5, 0.6) is 5.75 Å². The fourth-order valence-corrected chi connectivity index (χ4v) is 3.09. The van der Waals surface area contributed by atoms with Crippen LogP contribution in [-0.4, -0.2) is 18.6 Å². The Balaban J connectivity index is 1.75. The van der Waals surface area contributed by atoms with E-state index in [2.05, 4.69) is 0 Å². The molecule has 0 radical (unpaired) electrons. The Bertz CT molecular complexity index is 735. The summed E-state index contributed by atoms with van der Waals surface area (Å²) in [5.41, 5.74) is 2.10. The number of rotatable bonds is 3. The zero-order valence-electron chi connectivity index (χ0n) is 12.8. The van der Waals surface area contributed by atoms with Crippen molar-refractivity contribution in [2.75, 3.05) is 11.5 Å². The molecule has 2 aromatic rings. The Kier molecular flexibility index (Phi) is 4.53. The summed E-state index contributed by atoms with van der Waals surface area (Å²) < 4.78 is 18.5. The summed E-state index contributed by atoms with van der Waals surface area (Å²) in [5, 5.41) is 0.157. The van der Waals surface area contributed by atoms with Gasteiger partial charge >= 0.3 is 0 Å². The molecule has 0 N–H and O–H groups in total. The Morgan fingerprint density at radius 1 is 1.35 bits per heavy atom. The minimum absolute atomic E-state index is 0.115. The number of ether oxygens (including phenoxy) is 1. The fourth-order valence-electron chi connectivity index (χ4n) is 2.87. The second-order valence-electron chi connectivity index (χ2n) is 5.64. The number of carbonyl (C=O) groups excluding carboxylic acids is 1. The summed E-state index contributed by atoms with van der Waals surface area (Å²) in [7, 11) is 0. The molecule has 0 spiro atoms. The van der Waals surface area contributed by atoms with Gasteiger partial charge < -0.3 is 9.64 Å². The molecule has 1 heterocycles. The second-order valence-corrected chi connectivity index (χ2v) is 6.05. The lowest BCUT2D eigenvalue weighted by Gasteiger charge is -2.35. The van der Waals surface area contributed by atoms with Gasteiger partial charge in [-0.15, -0.1) is 0 Å². The van der Waals surface area contributed by atoms with Crippen molar-refractivity contribution >= 4 is 23.2 Å². The number of fused-ring (bicyclic) bond motifs is 1. The molecular weight excluding hydrogens is 317 g/mol. The van der Waals surface area contributed by atoms with E-state index < -0.39 is 5.82 Å². The van der Waals surface area contributed by atoms with E-state index in [1.165, 1.54) is 23.8 Å². The molecule has 120 valence electrons. The maximum atomic E-state index is 13.0. The maximum Gasteiger partial charge on any atom is 0.265 e. The van der Waals surface area contributed by atoms with Crippen LogP contribution in [0.25, 0.3) is 0 Å². The summed E-state index contributed by atoms with van der Waals surface area (Å²) in [6, 6.07) is 11.9. The zero-order valence-corrected chi connectivity index (χ0v) is 13.5. The Labute approximate surface area is 139 Å². The van der Waals surface area contributed by atoms with Gasteiger partial charge in [-0.2, -0.15) is 0 Å². The quantitative estimate of drug-likeness (QED) is 0.841. The number of anilines is 1. The molecule has 0 saturated heterocycles. The van der Waals surface area contributed by atoms with Gasteiger partial charge in [-0.05, 0) is 49.6 Å². The summed E-state index contributed by atoms with van der Waals surface area (Å²) in [4.78, 5) is 14.4. The summed E-state index contributed by atoms with van der Waals surface area (Å²) >= 11 is 5.92. The Morgan fingerprint density at radius 3 is 2.91 bits per heavy atom. The first-order valence-electron chi connectivity index (χ1n) is 7.54. The smallest absolute Gasteiger partial charge is 0.265 e. The predicted molar refractivity (Wildman–Crippen MR) is 88.6 cm³/mol. The lowest BCUT2D eigenvalue weighted by molar-refractivity contribution is -0.121. The Hall–Kier alpha value is -2.07. The van der Waals surface area contributed by atoms with E-state index in [0.717, 1.165) is 18.5 Å². The van der Waals surface area contributed by atoms with Gasteiger partial charge in [0, 0.05) is 11.7 Å². The van der Waals surface area contributed by atoms with Crippen LogP contribution in [0, 0.1) is 5.82 Å². The second kappa shape index (κ2) is 6.59. The van der Waals surface area contributed by atoms with Gasteiger partial charge in [-0.3, -0.25) is 4.79 Å². The van der Waals surface area contributed by atoms with E-state index in [1.54, 1.807) is 4.90 Å². The average Bonchev–Trinajstić information content (AvgIpc) is 2.53. The third kappa shape index (κ3) is 3.32. The van der Waals surface area contributed by atoms with Crippen molar-refractivity contribution in [1.29, 1.82) is 0 Å². The normalized spacial score (nSPS) is 16.8. The van der Waals surface area contributed by atoms with E-state index in [9.17, 15) is 9.18 Å². The molecule has 3 nitrogen and oxygen atoms in total. The molecule has 0 aromatic heterocycles. The first kappa shape index (κ1) is 15.8. The van der Waals surface area contributed by atoms with Crippen LogP contribution in [0.15, 0.2) is 42.5 Å². The van der Waals surface area contributed by atoms with E-state index in [-0.39, 0.29) is 23.6 Å². The summed E-state index contributed by atoms with van der Waals surface area (Å²) in [6.45, 7) is 1.89. The van der Waals surface area contributed by atoms with Crippen molar-refractivity contribution in [1.82, 2.24) is 0 Å². The number of halogens is 2. The van der Waals surface area contributed by atoms with Gasteiger partial charge in [0.2, 0.25) is 0 Å². The van der Waals surface area contributed by atoms with Gasteiger partial charge in [0.05, 0.1) is 5.02 Å². The van der Waals surface area contributed by atoms with Gasteiger partial charge in [0.15, 0.2) is 6.61 Å². The molecule has 1 aliphatic rings. The predicted octanol–water partition coefficient (Wildman–Crippen LogP) is 4.23. The van der Waals surface area contributed by atoms with E-state index in [1.807, 2.05) is 31.2 Å². The molecule has 1 unspecified atom stereocenters. The monoisotopic (exact) mass is 333 g/mol. The molecule has 1 atom stereocenters. The number of hydrogen-bond donors (Lipinski definition) is 0. The molecule has 0 saturated carbocycles. The summed E-state index contributed by atoms with van der Waals surface area (Å²) in [5.74, 6) is -0.267. The standard InChI is InChI=1S/C18H17ClFNO2/c1-12-6-7-13-4-2-3-5-16(13)21(12)18(22)11-23-17-9-8-14(20)10-15(17)19/h2-5,8-10,12H,6-7,11H2,1H3. The number of nitrogens with zero attached hydrogens (tertiary/aromatic N) is 1. The fraction of sp³-hybridized carbons (Fsp3) is 0.278. The van der Waals surface area contributed by atoms with E-state index >= 15 is 0 Å². The van der Waals surface area contributed by atoms with Crippen molar-refractivity contribution in [3.05, 3.63) is 58.9 Å². The van der Waals surface area contributed by atoms with Crippen LogP contribution in [0.4, 0.5) is 10.1 Å². The lowest BCUT2D eigenvalue weighted by atomic mass is 9.96. The minimum atomic E-state index is -0.438. The maximum absolute atomic E-state index is 13.0. The zero-order chi connectivity index (χ0) is 16.4. The van der Waals surface area contributed by atoms with Crippen LogP contribution in [0.1, 0.15) is 18.9 Å². The van der Waals surface area contributed by atoms with Crippen molar-refractivity contribution in [2.24, 2.45) is 0 Å². The molecule has 3 rings (SSSR count). The molecule has 5 heteroatoms. The molecule has 0 bridgehead atoms. The number of aryl methyl sites for hydroxylation is 1. The topological polar surface area (TPSA) is 29.5 Å². The van der Waals surface area contributed by atoms with Crippen LogP contribution < -0.4 is 9.64 Å². The molecule has 0 fully saturated rings. The highest BCUT2D eigenvalue weighted by Crippen LogP contribution is 2.31. The minimum Gasteiger partial charge on any atom is -0.482 e. The Morgan fingerprint density at radius 2 is 2.13 bits per heavy atom. The van der Waals surface area contributed by atoms with Crippen molar-refractivity contribution in [3.63, 3.8) is 0 Å². The number of carbonyl (C=O) groups is 1. The van der Waals surface area contributed by atoms with Crippen molar-refractivity contribution in [2.45, 2.75) is 25.8 Å². The molecule has 1 aliphatic heterocycles. The van der Waals surface area contributed by atoms with Crippen molar-refractivity contribution in [3.8, 4) is 5.75 Å². The molecular formula is C18H17ClFNO2. The van der Waals surface area contributed by atoms with Crippen LogP contribution >= 0.6 is 11.6 Å². The highest BCUT2D eigenvalue weighted by atomic mass is 35.5. The van der Waals surface area contributed by atoms with Crippen LogP contribution in [-0.2, 0) is 11.2 Å². The molecule has 0 aliphatic carbocycles. The molecule has 23 heavy (non-hydrogen) atoms. The van der Waals surface area contributed by atoms with Gasteiger partial charge in [0.1, 0.15) is 11.6 Å². The van der Waals surface area contributed by atoms with Crippen LogP contribution in [0.2, 0.25) is 5.02 Å². The number of amides is 1. The highest BCUT2D eigenvalue weighted by Gasteiger charge is 2.28. The van der Waals surface area contributed by atoms with Crippen LogP contribution in [0.3, 0.4) is 0 Å². The lowest BCUT2D eigenvalue weighted by Crippen LogP contribution is -2.44. The summed E-state index contributed by atoms with van der Waals surface area (Å²) in [6.07, 6.45) is 1.88. The third-order valence-electron chi connectivity index (χ3n) is 4.04. The molecule has 2 aromatic carbocycles. The average molecular weight is 334 g/mol. The van der Waals surface area contributed by atoms with E-state index in [0.29, 0.717) is 5.75 Å². The number of hydrogen-bond acceptors (Lipinski definition) is 2. The van der Waals surface area contributed by atoms with Crippen molar-refractivity contribution < 1.29 is 13.9 Å².